The Morgan fingerprint density at radius 3 is 2.94 bits per heavy atom. The summed E-state index contributed by atoms with van der Waals surface area (Å²) in [6.45, 7) is 2.85. The molecule has 18 heavy (non-hydrogen) atoms. The lowest BCUT2D eigenvalue weighted by molar-refractivity contribution is -0.127. The van der Waals surface area contributed by atoms with Gasteiger partial charge in [0.1, 0.15) is 6.10 Å². The Bertz CT molecular complexity index is 452. The molecule has 1 fully saturated rings. The molecule has 3 nitrogen and oxygen atoms in total. The largest absolute Gasteiger partial charge is 0.368 e. The van der Waals surface area contributed by atoms with Gasteiger partial charge in [0.2, 0.25) is 0 Å². The third-order valence-electron chi connectivity index (χ3n) is 3.97. The monoisotopic (exact) mass is 245 g/mol. The zero-order valence-corrected chi connectivity index (χ0v) is 10.8. The smallest absolute Gasteiger partial charge is 0.256 e. The zero-order valence-electron chi connectivity index (χ0n) is 10.8. The van der Waals surface area contributed by atoms with E-state index >= 15 is 0 Å². The fourth-order valence-electron chi connectivity index (χ4n) is 2.95. The van der Waals surface area contributed by atoms with E-state index in [2.05, 4.69) is 19.1 Å². The van der Waals surface area contributed by atoms with Crippen LogP contribution in [0.1, 0.15) is 31.7 Å². The highest BCUT2D eigenvalue weighted by molar-refractivity contribution is 5.98. The second-order valence-electron chi connectivity index (χ2n) is 5.23. The molecule has 0 aromatic heterocycles. The summed E-state index contributed by atoms with van der Waals surface area (Å²) in [4.78, 5) is 14.5. The van der Waals surface area contributed by atoms with Crippen molar-refractivity contribution in [2.75, 3.05) is 11.5 Å². The molecular formula is C15H19NO2. The number of carbonyl (C=O) groups excluding carboxylic acids is 1. The van der Waals surface area contributed by atoms with Crippen molar-refractivity contribution in [2.24, 2.45) is 0 Å². The molecule has 1 aromatic rings. The summed E-state index contributed by atoms with van der Waals surface area (Å²) in [5, 5.41) is 0. The Labute approximate surface area is 108 Å². The number of rotatable bonds is 1. The molecule has 3 rings (SSSR count). The number of hydrogen-bond donors (Lipinski definition) is 0. The van der Waals surface area contributed by atoms with Crippen molar-refractivity contribution in [2.45, 2.75) is 44.8 Å². The van der Waals surface area contributed by atoms with Crippen LogP contribution in [0.15, 0.2) is 24.3 Å². The van der Waals surface area contributed by atoms with Crippen LogP contribution in [0.25, 0.3) is 0 Å². The van der Waals surface area contributed by atoms with E-state index in [-0.39, 0.29) is 18.1 Å². The summed E-state index contributed by atoms with van der Waals surface area (Å²) in [7, 11) is 0. The van der Waals surface area contributed by atoms with E-state index in [1.807, 2.05) is 17.0 Å². The Balaban J connectivity index is 1.92. The van der Waals surface area contributed by atoms with Gasteiger partial charge < -0.3 is 9.64 Å². The van der Waals surface area contributed by atoms with E-state index in [1.54, 1.807) is 0 Å². The van der Waals surface area contributed by atoms with Gasteiger partial charge in [-0.1, -0.05) is 18.2 Å². The number of para-hydroxylation sites is 1. The molecule has 0 radical (unpaired) electrons. The first-order valence-electron chi connectivity index (χ1n) is 6.80. The van der Waals surface area contributed by atoms with Crippen molar-refractivity contribution in [3.8, 4) is 0 Å². The summed E-state index contributed by atoms with van der Waals surface area (Å²) >= 11 is 0. The van der Waals surface area contributed by atoms with Crippen LogP contribution in [-0.4, -0.2) is 24.7 Å². The fourth-order valence-corrected chi connectivity index (χ4v) is 2.95. The number of nitrogens with zero attached hydrogens (tertiary/aromatic N) is 1. The van der Waals surface area contributed by atoms with Crippen molar-refractivity contribution < 1.29 is 9.53 Å². The Morgan fingerprint density at radius 1 is 1.33 bits per heavy atom. The molecule has 1 aromatic carbocycles. The van der Waals surface area contributed by atoms with E-state index in [0.717, 1.165) is 38.0 Å². The third-order valence-corrected chi connectivity index (χ3v) is 3.97. The van der Waals surface area contributed by atoms with E-state index in [4.69, 9.17) is 4.74 Å². The average molecular weight is 245 g/mol. The maximum Gasteiger partial charge on any atom is 0.256 e. The highest BCUT2D eigenvalue weighted by atomic mass is 16.5. The van der Waals surface area contributed by atoms with Gasteiger partial charge >= 0.3 is 0 Å². The molecule has 0 bridgehead atoms. The van der Waals surface area contributed by atoms with Crippen LogP contribution in [-0.2, 0) is 16.0 Å². The number of anilines is 1. The molecule has 2 heterocycles. The minimum Gasteiger partial charge on any atom is -0.368 e. The number of benzene rings is 1. The lowest BCUT2D eigenvalue weighted by Gasteiger charge is -2.36. The quantitative estimate of drug-likeness (QED) is 0.761. The number of ether oxygens (including phenoxy) is 1. The van der Waals surface area contributed by atoms with Gasteiger partial charge in [-0.05, 0) is 44.2 Å². The standard InChI is InChI=1S/C15H19NO2/c1-11-8-9-12-5-2-3-6-13(12)16(11)15(17)14-7-4-10-18-14/h2-3,5-6,11,14H,4,7-10H2,1H3/t11-,14-/m0/s1. The first kappa shape index (κ1) is 11.7. The van der Waals surface area contributed by atoms with Crippen LogP contribution in [0.2, 0.25) is 0 Å². The average Bonchev–Trinajstić information content (AvgIpc) is 2.92. The molecule has 0 unspecified atom stereocenters. The van der Waals surface area contributed by atoms with Gasteiger partial charge in [-0.3, -0.25) is 4.79 Å². The van der Waals surface area contributed by atoms with E-state index in [9.17, 15) is 4.79 Å². The van der Waals surface area contributed by atoms with Gasteiger partial charge in [-0.25, -0.2) is 0 Å². The maximum absolute atomic E-state index is 12.6. The Kier molecular flexibility index (Phi) is 3.08. The predicted molar refractivity (Wildman–Crippen MR) is 70.7 cm³/mol. The number of amides is 1. The van der Waals surface area contributed by atoms with Crippen molar-refractivity contribution in [1.82, 2.24) is 0 Å². The molecular weight excluding hydrogens is 226 g/mol. The van der Waals surface area contributed by atoms with Crippen molar-refractivity contribution in [3.63, 3.8) is 0 Å². The SMILES string of the molecule is C[C@H]1CCc2ccccc2N1C(=O)[C@@H]1CCCO1. The van der Waals surface area contributed by atoms with Gasteiger partial charge in [-0.15, -0.1) is 0 Å². The number of fused-ring (bicyclic) bond motifs is 1. The summed E-state index contributed by atoms with van der Waals surface area (Å²) in [6, 6.07) is 8.50. The minimum atomic E-state index is -0.224. The predicted octanol–water partition coefficient (Wildman–Crippen LogP) is 2.53. The normalized spacial score (nSPS) is 27.1. The van der Waals surface area contributed by atoms with Crippen LogP contribution < -0.4 is 4.90 Å². The number of carbonyl (C=O) groups is 1. The van der Waals surface area contributed by atoms with Crippen LogP contribution in [0.5, 0.6) is 0 Å². The topological polar surface area (TPSA) is 29.5 Å². The Hall–Kier alpha value is -1.35. The molecule has 0 spiro atoms. The lowest BCUT2D eigenvalue weighted by atomic mass is 9.96. The molecule has 0 N–H and O–H groups in total. The molecule has 1 saturated heterocycles. The summed E-state index contributed by atoms with van der Waals surface area (Å²) in [5.41, 5.74) is 2.36. The van der Waals surface area contributed by atoms with Gasteiger partial charge in [0.25, 0.3) is 5.91 Å². The van der Waals surface area contributed by atoms with Crippen molar-refractivity contribution >= 4 is 11.6 Å². The number of aryl methyl sites for hydroxylation is 1. The molecule has 2 atom stereocenters. The molecule has 3 heteroatoms. The van der Waals surface area contributed by atoms with Crippen LogP contribution in [0.4, 0.5) is 5.69 Å². The van der Waals surface area contributed by atoms with Gasteiger partial charge in [0.05, 0.1) is 0 Å². The van der Waals surface area contributed by atoms with Gasteiger partial charge in [0, 0.05) is 18.3 Å². The first-order chi connectivity index (χ1) is 8.77. The fraction of sp³-hybridized carbons (Fsp3) is 0.533. The Morgan fingerprint density at radius 2 is 2.17 bits per heavy atom. The van der Waals surface area contributed by atoms with Crippen LogP contribution in [0.3, 0.4) is 0 Å². The summed E-state index contributed by atoms with van der Waals surface area (Å²) in [5.74, 6) is 0.146. The maximum atomic E-state index is 12.6. The molecule has 2 aliphatic heterocycles. The number of hydrogen-bond acceptors (Lipinski definition) is 2. The molecule has 96 valence electrons. The summed E-state index contributed by atoms with van der Waals surface area (Å²) < 4.78 is 5.54. The highest BCUT2D eigenvalue weighted by Gasteiger charge is 2.34. The molecule has 0 saturated carbocycles. The third kappa shape index (κ3) is 1.93. The van der Waals surface area contributed by atoms with E-state index < -0.39 is 0 Å². The van der Waals surface area contributed by atoms with E-state index in [0.29, 0.717) is 0 Å². The van der Waals surface area contributed by atoms with Crippen LogP contribution >= 0.6 is 0 Å². The summed E-state index contributed by atoms with van der Waals surface area (Å²) in [6.07, 6.45) is 3.74. The van der Waals surface area contributed by atoms with Crippen molar-refractivity contribution in [3.05, 3.63) is 29.8 Å². The van der Waals surface area contributed by atoms with Gasteiger partial charge in [-0.2, -0.15) is 0 Å². The molecule has 2 aliphatic rings. The lowest BCUT2D eigenvalue weighted by Crippen LogP contribution is -2.47. The molecule has 1 amide bonds. The van der Waals surface area contributed by atoms with Gasteiger partial charge in [0.15, 0.2) is 0 Å². The second-order valence-corrected chi connectivity index (χ2v) is 5.23. The first-order valence-corrected chi connectivity index (χ1v) is 6.80. The van der Waals surface area contributed by atoms with Crippen LogP contribution in [0, 0.1) is 0 Å². The highest BCUT2D eigenvalue weighted by Crippen LogP contribution is 2.32. The van der Waals surface area contributed by atoms with E-state index in [1.165, 1.54) is 5.56 Å². The minimum absolute atomic E-state index is 0.146. The molecule has 0 aliphatic carbocycles. The zero-order chi connectivity index (χ0) is 12.5. The van der Waals surface area contributed by atoms with Crippen molar-refractivity contribution in [1.29, 1.82) is 0 Å². The second kappa shape index (κ2) is 4.73.